The van der Waals surface area contributed by atoms with E-state index in [2.05, 4.69) is 17.4 Å². The molecule has 25 heavy (non-hydrogen) atoms. The van der Waals surface area contributed by atoms with Crippen molar-refractivity contribution in [1.82, 2.24) is 4.90 Å². The summed E-state index contributed by atoms with van der Waals surface area (Å²) in [6, 6.07) is 15.3. The van der Waals surface area contributed by atoms with E-state index in [1.54, 1.807) is 25.3 Å². The predicted octanol–water partition coefficient (Wildman–Crippen LogP) is 2.79. The Labute approximate surface area is 153 Å². The molecule has 0 atom stereocenters. The van der Waals surface area contributed by atoms with E-state index in [0.717, 1.165) is 13.0 Å². The van der Waals surface area contributed by atoms with Gasteiger partial charge in [0.05, 0.1) is 19.3 Å². The number of nitrogens with two attached hydrogens (primary N) is 1. The van der Waals surface area contributed by atoms with Crippen molar-refractivity contribution in [2.45, 2.75) is 6.42 Å². The average Bonchev–Trinajstić information content (AvgIpc) is 2.61. The van der Waals surface area contributed by atoms with Gasteiger partial charge < -0.3 is 15.8 Å². The third-order valence-electron chi connectivity index (χ3n) is 3.81. The van der Waals surface area contributed by atoms with Crippen LogP contribution in [-0.2, 0) is 11.2 Å². The van der Waals surface area contributed by atoms with Crippen LogP contribution in [0.3, 0.4) is 0 Å². The molecule has 0 bridgehead atoms. The molecule has 134 valence electrons. The molecule has 1 amide bonds. The number of anilines is 1. The molecule has 2 aromatic carbocycles. The van der Waals surface area contributed by atoms with Gasteiger partial charge >= 0.3 is 0 Å². The van der Waals surface area contributed by atoms with E-state index in [9.17, 15) is 4.79 Å². The van der Waals surface area contributed by atoms with Crippen molar-refractivity contribution >= 4 is 23.2 Å². The fourth-order valence-electron chi connectivity index (χ4n) is 2.56. The van der Waals surface area contributed by atoms with Crippen LogP contribution in [-0.4, -0.2) is 44.1 Å². The number of nitrogens with zero attached hydrogens (tertiary/aromatic N) is 1. The van der Waals surface area contributed by atoms with Crippen LogP contribution in [0.25, 0.3) is 0 Å². The lowest BCUT2D eigenvalue weighted by Crippen LogP contribution is -2.38. The summed E-state index contributed by atoms with van der Waals surface area (Å²) < 4.78 is 5.25. The molecule has 5 nitrogen and oxygen atoms in total. The summed E-state index contributed by atoms with van der Waals surface area (Å²) in [5, 5.41) is 3.40. The second-order valence-corrected chi connectivity index (χ2v) is 6.13. The normalized spacial score (nSPS) is 10.7. The molecule has 6 heteroatoms. The Morgan fingerprint density at radius 2 is 1.96 bits per heavy atom. The number of carbonyl (C=O) groups is 1. The quantitative estimate of drug-likeness (QED) is 0.720. The van der Waals surface area contributed by atoms with Crippen LogP contribution in [0.1, 0.15) is 5.56 Å². The molecule has 0 unspecified atom stereocenters. The van der Waals surface area contributed by atoms with E-state index in [-0.39, 0.29) is 12.5 Å². The Kier molecular flexibility index (Phi) is 7.73. The summed E-state index contributed by atoms with van der Waals surface area (Å²) in [5.41, 5.74) is 7.48. The topological polar surface area (TPSA) is 67.6 Å². The molecular formula is C19H24ClN3O2. The van der Waals surface area contributed by atoms with Gasteiger partial charge in [0, 0.05) is 24.7 Å². The highest BCUT2D eigenvalue weighted by Crippen LogP contribution is 2.27. The first kappa shape index (κ1) is 19.2. The number of hydrogen-bond donors (Lipinski definition) is 2. The number of hydrogen-bond acceptors (Lipinski definition) is 4. The molecule has 0 spiro atoms. The molecule has 2 rings (SSSR count). The number of ether oxygens (including phenoxy) is 1. The summed E-state index contributed by atoms with van der Waals surface area (Å²) >= 11 is 6.00. The first-order valence-corrected chi connectivity index (χ1v) is 8.60. The van der Waals surface area contributed by atoms with Crippen LogP contribution < -0.4 is 15.8 Å². The number of rotatable bonds is 9. The van der Waals surface area contributed by atoms with Gasteiger partial charge in [-0.2, -0.15) is 0 Å². The molecule has 2 aromatic rings. The van der Waals surface area contributed by atoms with Crippen molar-refractivity contribution in [3.63, 3.8) is 0 Å². The van der Waals surface area contributed by atoms with Crippen molar-refractivity contribution in [3.05, 3.63) is 59.1 Å². The van der Waals surface area contributed by atoms with Crippen LogP contribution in [0.5, 0.6) is 5.75 Å². The van der Waals surface area contributed by atoms with Gasteiger partial charge in [0.1, 0.15) is 5.75 Å². The molecule has 3 N–H and O–H groups in total. The number of methoxy groups -OCH3 is 1. The second-order valence-electron chi connectivity index (χ2n) is 5.69. The highest BCUT2D eigenvalue weighted by atomic mass is 35.5. The smallest absolute Gasteiger partial charge is 0.238 e. The maximum atomic E-state index is 12.4. The maximum Gasteiger partial charge on any atom is 0.238 e. The molecule has 0 aromatic heterocycles. The average molecular weight is 362 g/mol. The van der Waals surface area contributed by atoms with Crippen molar-refractivity contribution in [1.29, 1.82) is 0 Å². The molecule has 0 radical (unpaired) electrons. The van der Waals surface area contributed by atoms with E-state index >= 15 is 0 Å². The highest BCUT2D eigenvalue weighted by molar-refractivity contribution is 6.31. The number of benzene rings is 2. The predicted molar refractivity (Wildman–Crippen MR) is 102 cm³/mol. The zero-order valence-electron chi connectivity index (χ0n) is 14.4. The lowest BCUT2D eigenvalue weighted by molar-refractivity contribution is -0.117. The SMILES string of the molecule is COc1ccc(Cl)cc1NC(=O)CN(CCN)CCc1ccccc1. The number of carbonyl (C=O) groups excluding carboxylic acids is 1. The van der Waals surface area contributed by atoms with Crippen molar-refractivity contribution < 1.29 is 9.53 Å². The fraction of sp³-hybridized carbons (Fsp3) is 0.316. The minimum Gasteiger partial charge on any atom is -0.495 e. The maximum absolute atomic E-state index is 12.4. The Morgan fingerprint density at radius 1 is 1.20 bits per heavy atom. The lowest BCUT2D eigenvalue weighted by Gasteiger charge is -2.21. The zero-order valence-corrected chi connectivity index (χ0v) is 15.1. The van der Waals surface area contributed by atoms with Crippen LogP contribution in [0.4, 0.5) is 5.69 Å². The Balaban J connectivity index is 1.94. The third kappa shape index (κ3) is 6.38. The van der Waals surface area contributed by atoms with Crippen LogP contribution >= 0.6 is 11.6 Å². The van der Waals surface area contributed by atoms with E-state index in [1.165, 1.54) is 5.56 Å². The highest BCUT2D eigenvalue weighted by Gasteiger charge is 2.13. The summed E-state index contributed by atoms with van der Waals surface area (Å²) in [7, 11) is 1.56. The van der Waals surface area contributed by atoms with E-state index < -0.39 is 0 Å². The van der Waals surface area contributed by atoms with Crippen molar-refractivity contribution in [3.8, 4) is 5.75 Å². The molecule has 0 saturated heterocycles. The largest absolute Gasteiger partial charge is 0.495 e. The molecule has 0 aliphatic rings. The summed E-state index contributed by atoms with van der Waals surface area (Å²) in [6.45, 7) is 2.19. The standard InChI is InChI=1S/C19H24ClN3O2/c1-25-18-8-7-16(20)13-17(18)22-19(24)14-23(12-10-21)11-9-15-5-3-2-4-6-15/h2-8,13H,9-12,14,21H2,1H3,(H,22,24). The molecule has 0 fully saturated rings. The van der Waals surface area contributed by atoms with Gasteiger partial charge in [-0.3, -0.25) is 9.69 Å². The van der Waals surface area contributed by atoms with Gasteiger partial charge in [0.2, 0.25) is 5.91 Å². The molecule has 0 saturated carbocycles. The van der Waals surface area contributed by atoms with Crippen molar-refractivity contribution in [2.75, 3.05) is 38.6 Å². The minimum atomic E-state index is -0.123. The molecule has 0 aliphatic carbocycles. The monoisotopic (exact) mass is 361 g/mol. The van der Waals surface area contributed by atoms with E-state index in [1.807, 2.05) is 23.1 Å². The van der Waals surface area contributed by atoms with Crippen LogP contribution in [0.15, 0.2) is 48.5 Å². The van der Waals surface area contributed by atoms with Crippen LogP contribution in [0.2, 0.25) is 5.02 Å². The molecule has 0 heterocycles. The van der Waals surface area contributed by atoms with Gasteiger partial charge in [0.15, 0.2) is 0 Å². The first-order chi connectivity index (χ1) is 12.1. The number of nitrogens with one attached hydrogen (secondary N) is 1. The molecular weight excluding hydrogens is 338 g/mol. The molecule has 0 aliphatic heterocycles. The lowest BCUT2D eigenvalue weighted by atomic mass is 10.1. The third-order valence-corrected chi connectivity index (χ3v) is 4.04. The van der Waals surface area contributed by atoms with Gasteiger partial charge in [0.25, 0.3) is 0 Å². The van der Waals surface area contributed by atoms with E-state index in [0.29, 0.717) is 29.5 Å². The van der Waals surface area contributed by atoms with Gasteiger partial charge in [-0.15, -0.1) is 0 Å². The zero-order chi connectivity index (χ0) is 18.1. The Morgan fingerprint density at radius 3 is 2.64 bits per heavy atom. The first-order valence-electron chi connectivity index (χ1n) is 8.22. The number of halogens is 1. The number of amides is 1. The van der Waals surface area contributed by atoms with Crippen LogP contribution in [0, 0.1) is 0 Å². The van der Waals surface area contributed by atoms with Crippen molar-refractivity contribution in [2.24, 2.45) is 5.73 Å². The summed E-state index contributed by atoms with van der Waals surface area (Å²) in [5.74, 6) is 0.453. The Hall–Kier alpha value is -2.08. The Bertz CT molecular complexity index is 680. The second kappa shape index (κ2) is 10.0. The minimum absolute atomic E-state index is 0.123. The van der Waals surface area contributed by atoms with Gasteiger partial charge in [-0.25, -0.2) is 0 Å². The van der Waals surface area contributed by atoms with Gasteiger partial charge in [-0.05, 0) is 30.2 Å². The summed E-state index contributed by atoms with van der Waals surface area (Å²) in [4.78, 5) is 14.4. The van der Waals surface area contributed by atoms with E-state index in [4.69, 9.17) is 22.1 Å². The summed E-state index contributed by atoms with van der Waals surface area (Å²) in [6.07, 6.45) is 0.870. The fourth-order valence-corrected chi connectivity index (χ4v) is 2.73. The van der Waals surface area contributed by atoms with Gasteiger partial charge in [-0.1, -0.05) is 41.9 Å².